The van der Waals surface area contributed by atoms with E-state index in [1.807, 2.05) is 4.98 Å². The summed E-state index contributed by atoms with van der Waals surface area (Å²) in [7, 11) is 0. The molecule has 0 spiro atoms. The molecule has 2 rings (SSSR count). The summed E-state index contributed by atoms with van der Waals surface area (Å²) >= 11 is 0. The minimum atomic E-state index is -2.19. The molecule has 0 unspecified atom stereocenters. The van der Waals surface area contributed by atoms with Crippen LogP contribution in [0.1, 0.15) is 25.8 Å². The van der Waals surface area contributed by atoms with Crippen molar-refractivity contribution in [3.63, 3.8) is 0 Å². The highest BCUT2D eigenvalue weighted by Crippen LogP contribution is 2.38. The van der Waals surface area contributed by atoms with E-state index >= 15 is 0 Å². The standard InChI is InChI=1S/C14H17N2O8/c1-7-5-16(13(20)15-12(7)19)14(21)4-10(23-9(3)18)11(24-14)6-22-8(2)17/h5,10,21H,4,6H2,1-3H3,(H,15,19,20)/t10-,14-/m0/s1. The molecule has 2 N–H and O–H groups in total. The number of aromatic amines is 1. The summed E-state index contributed by atoms with van der Waals surface area (Å²) in [5, 5.41) is 10.6. The number of hydrogen-bond donors (Lipinski definition) is 2. The average molecular weight is 341 g/mol. The third-order valence-corrected chi connectivity index (χ3v) is 3.33. The van der Waals surface area contributed by atoms with Crippen molar-refractivity contribution < 1.29 is 28.9 Å². The number of nitrogens with one attached hydrogen (secondary N) is 1. The van der Waals surface area contributed by atoms with Gasteiger partial charge in [-0.1, -0.05) is 0 Å². The van der Waals surface area contributed by atoms with Gasteiger partial charge in [-0.2, -0.15) is 0 Å². The first-order valence-electron chi connectivity index (χ1n) is 7.03. The molecule has 131 valence electrons. The molecular formula is C14H17N2O8. The smallest absolute Gasteiger partial charge is 0.332 e. The van der Waals surface area contributed by atoms with E-state index in [1.54, 1.807) is 0 Å². The third-order valence-electron chi connectivity index (χ3n) is 3.33. The fourth-order valence-corrected chi connectivity index (χ4v) is 2.25. The van der Waals surface area contributed by atoms with Gasteiger partial charge in [-0.3, -0.25) is 19.4 Å². The molecule has 1 saturated heterocycles. The molecule has 10 nitrogen and oxygen atoms in total. The summed E-state index contributed by atoms with van der Waals surface area (Å²) in [6.07, 6.45) is -0.236. The number of hydrogen-bond acceptors (Lipinski definition) is 8. The monoisotopic (exact) mass is 341 g/mol. The lowest BCUT2D eigenvalue weighted by atomic mass is 10.1. The minimum absolute atomic E-state index is 0.0290. The van der Waals surface area contributed by atoms with E-state index in [2.05, 4.69) is 0 Å². The number of ether oxygens (including phenoxy) is 3. The molecule has 0 aromatic carbocycles. The Hall–Kier alpha value is -2.46. The van der Waals surface area contributed by atoms with Gasteiger partial charge in [0.1, 0.15) is 12.7 Å². The Balaban J connectivity index is 2.34. The maximum atomic E-state index is 12.0. The molecule has 2 atom stereocenters. The minimum Gasteiger partial charge on any atom is -0.463 e. The number of H-pyrrole nitrogens is 1. The third kappa shape index (κ3) is 3.71. The van der Waals surface area contributed by atoms with Gasteiger partial charge in [-0.15, -0.1) is 0 Å². The first-order valence-corrected chi connectivity index (χ1v) is 7.03. The van der Waals surface area contributed by atoms with Crippen LogP contribution in [0.25, 0.3) is 0 Å². The van der Waals surface area contributed by atoms with Crippen LogP contribution in [0.4, 0.5) is 0 Å². The number of carbonyl (C=O) groups excluding carboxylic acids is 2. The Kier molecular flexibility index (Phi) is 4.90. The molecule has 1 aromatic heterocycles. The predicted octanol–water partition coefficient (Wildman–Crippen LogP) is -1.11. The van der Waals surface area contributed by atoms with Gasteiger partial charge in [0.15, 0.2) is 6.10 Å². The van der Waals surface area contributed by atoms with E-state index in [0.717, 1.165) is 17.7 Å². The Labute approximate surface area is 136 Å². The van der Waals surface area contributed by atoms with Crippen molar-refractivity contribution in [3.8, 4) is 0 Å². The summed E-state index contributed by atoms with van der Waals surface area (Å²) in [4.78, 5) is 47.6. The van der Waals surface area contributed by atoms with Gasteiger partial charge in [0.25, 0.3) is 11.5 Å². The lowest BCUT2D eigenvalue weighted by Crippen LogP contribution is -2.44. The molecule has 1 aliphatic heterocycles. The highest BCUT2D eigenvalue weighted by molar-refractivity contribution is 5.67. The molecule has 0 bridgehead atoms. The molecule has 1 aromatic rings. The summed E-state index contributed by atoms with van der Waals surface area (Å²) in [5.74, 6) is -3.43. The second kappa shape index (κ2) is 6.57. The highest BCUT2D eigenvalue weighted by Gasteiger charge is 2.50. The van der Waals surface area contributed by atoms with Crippen molar-refractivity contribution in [1.29, 1.82) is 0 Å². The maximum Gasteiger partial charge on any atom is 0.332 e. The fourth-order valence-electron chi connectivity index (χ4n) is 2.25. The van der Waals surface area contributed by atoms with E-state index in [9.17, 15) is 24.3 Å². The van der Waals surface area contributed by atoms with E-state index in [0.29, 0.717) is 0 Å². The Morgan fingerprint density at radius 2 is 2.08 bits per heavy atom. The molecule has 2 heterocycles. The Morgan fingerprint density at radius 1 is 1.42 bits per heavy atom. The lowest BCUT2D eigenvalue weighted by Gasteiger charge is -2.24. The van der Waals surface area contributed by atoms with Gasteiger partial charge in [0, 0.05) is 25.6 Å². The van der Waals surface area contributed by atoms with Crippen molar-refractivity contribution in [3.05, 3.63) is 38.7 Å². The van der Waals surface area contributed by atoms with Crippen molar-refractivity contribution in [2.24, 2.45) is 0 Å². The van der Waals surface area contributed by atoms with Gasteiger partial charge in [-0.05, 0) is 6.92 Å². The average Bonchev–Trinajstić information content (AvgIpc) is 2.77. The second-order valence-corrected chi connectivity index (χ2v) is 5.34. The molecule has 1 fully saturated rings. The quantitative estimate of drug-likeness (QED) is 0.658. The van der Waals surface area contributed by atoms with Gasteiger partial charge in [0.05, 0.1) is 6.42 Å². The van der Waals surface area contributed by atoms with E-state index in [-0.39, 0.29) is 24.7 Å². The summed E-state index contributed by atoms with van der Waals surface area (Å²) in [6.45, 7) is 3.43. The van der Waals surface area contributed by atoms with Crippen LogP contribution in [0.2, 0.25) is 0 Å². The van der Waals surface area contributed by atoms with Crippen LogP contribution < -0.4 is 11.2 Å². The van der Waals surface area contributed by atoms with Gasteiger partial charge in [-0.25, -0.2) is 9.36 Å². The van der Waals surface area contributed by atoms with Crippen LogP contribution in [0.5, 0.6) is 0 Å². The topological polar surface area (TPSA) is 137 Å². The zero-order valence-corrected chi connectivity index (χ0v) is 13.3. The molecule has 1 aliphatic rings. The Morgan fingerprint density at radius 3 is 2.67 bits per heavy atom. The predicted molar refractivity (Wildman–Crippen MR) is 77.4 cm³/mol. The number of aliphatic hydroxyl groups is 1. The zero-order valence-electron chi connectivity index (χ0n) is 13.3. The number of aromatic nitrogens is 2. The first-order chi connectivity index (χ1) is 11.1. The van der Waals surface area contributed by atoms with Crippen LogP contribution in [-0.2, 0) is 29.7 Å². The number of aryl methyl sites for hydroxylation is 1. The van der Waals surface area contributed by atoms with Crippen LogP contribution >= 0.6 is 0 Å². The second-order valence-electron chi connectivity index (χ2n) is 5.34. The molecule has 0 aliphatic carbocycles. The van der Waals surface area contributed by atoms with Gasteiger partial charge < -0.3 is 19.3 Å². The molecule has 0 saturated carbocycles. The summed E-state index contributed by atoms with van der Waals surface area (Å²) in [5.41, 5.74) is -1.33. The summed E-state index contributed by atoms with van der Waals surface area (Å²) < 4.78 is 15.9. The van der Waals surface area contributed by atoms with Crippen molar-refractivity contribution in [2.75, 3.05) is 6.61 Å². The molecule has 0 amide bonds. The van der Waals surface area contributed by atoms with E-state index in [4.69, 9.17) is 14.2 Å². The number of nitrogens with zero attached hydrogens (tertiary/aromatic N) is 1. The van der Waals surface area contributed by atoms with Crippen molar-refractivity contribution in [2.45, 2.75) is 39.2 Å². The molecule has 1 radical (unpaired) electrons. The van der Waals surface area contributed by atoms with Gasteiger partial charge >= 0.3 is 17.6 Å². The van der Waals surface area contributed by atoms with Crippen LogP contribution in [0.3, 0.4) is 0 Å². The lowest BCUT2D eigenvalue weighted by molar-refractivity contribution is -0.238. The molecule has 10 heteroatoms. The van der Waals surface area contributed by atoms with Crippen molar-refractivity contribution >= 4 is 11.9 Å². The molecular weight excluding hydrogens is 324 g/mol. The zero-order chi connectivity index (χ0) is 18.1. The normalized spacial score (nSPS) is 23.9. The molecule has 24 heavy (non-hydrogen) atoms. The van der Waals surface area contributed by atoms with Crippen LogP contribution in [0, 0.1) is 13.0 Å². The summed E-state index contributed by atoms with van der Waals surface area (Å²) in [6, 6.07) is 0. The fraction of sp³-hybridized carbons (Fsp3) is 0.500. The van der Waals surface area contributed by atoms with Crippen LogP contribution in [-0.4, -0.2) is 39.3 Å². The number of esters is 2. The maximum absolute atomic E-state index is 12.0. The Bertz CT molecular complexity index is 767. The van der Waals surface area contributed by atoms with E-state index in [1.165, 1.54) is 13.8 Å². The van der Waals surface area contributed by atoms with Crippen molar-refractivity contribution in [1.82, 2.24) is 9.55 Å². The number of carbonyl (C=O) groups is 2. The SMILES string of the molecule is CC(=O)OC[C]1O[C@](O)(n2cc(C)c(=O)[nH]c2=O)C[C@@H]1OC(C)=O. The first kappa shape index (κ1) is 17.9. The van der Waals surface area contributed by atoms with E-state index < -0.39 is 35.2 Å². The largest absolute Gasteiger partial charge is 0.463 e. The van der Waals surface area contributed by atoms with Gasteiger partial charge in [0.2, 0.25) is 0 Å². The van der Waals surface area contributed by atoms with Crippen LogP contribution in [0.15, 0.2) is 15.8 Å². The number of rotatable bonds is 4. The highest BCUT2D eigenvalue weighted by atomic mass is 16.7.